The number of likely N-dealkylation sites (N-methyl/N-ethyl adjacent to an activating group) is 1. The molecule has 2 rings (SSSR count). The molecule has 0 saturated heterocycles. The van der Waals surface area contributed by atoms with Crippen LogP contribution in [0.15, 0.2) is 42.5 Å². The van der Waals surface area contributed by atoms with Crippen LogP contribution < -0.4 is 5.32 Å². The summed E-state index contributed by atoms with van der Waals surface area (Å²) in [6.45, 7) is 0.663. The highest BCUT2D eigenvalue weighted by Crippen LogP contribution is 2.26. The highest BCUT2D eigenvalue weighted by Gasteiger charge is 2.14. The molecule has 0 radical (unpaired) electrons. The predicted molar refractivity (Wildman–Crippen MR) is 78.2 cm³/mol. The van der Waals surface area contributed by atoms with Gasteiger partial charge in [0.05, 0.1) is 0 Å². The molecule has 0 spiro atoms. The first kappa shape index (κ1) is 14.9. The zero-order chi connectivity index (χ0) is 14.5. The summed E-state index contributed by atoms with van der Waals surface area (Å²) in [6.07, 6.45) is 0.556. The minimum absolute atomic E-state index is 0.0370. The van der Waals surface area contributed by atoms with Crippen molar-refractivity contribution in [1.82, 2.24) is 5.32 Å². The van der Waals surface area contributed by atoms with E-state index in [1.807, 2.05) is 13.1 Å². The van der Waals surface area contributed by atoms with E-state index in [1.165, 1.54) is 24.3 Å². The Hall–Kier alpha value is -1.45. The van der Waals surface area contributed by atoms with E-state index in [1.54, 1.807) is 12.1 Å². The molecule has 0 aliphatic heterocycles. The first-order valence-electron chi connectivity index (χ1n) is 6.44. The Labute approximate surface area is 122 Å². The standard InChI is InChI=1S/C16H16ClF2N/c1-20-10-13(11-3-2-4-14(18)8-11)7-12-9-15(19)5-6-16(12)17/h2-6,8-9,13,20H,7,10H2,1H3. The van der Waals surface area contributed by atoms with Crippen LogP contribution >= 0.6 is 11.6 Å². The van der Waals surface area contributed by atoms with Gasteiger partial charge in [-0.05, 0) is 54.9 Å². The minimum Gasteiger partial charge on any atom is -0.319 e. The molecular weight excluding hydrogens is 280 g/mol. The summed E-state index contributed by atoms with van der Waals surface area (Å²) in [5.41, 5.74) is 1.61. The third kappa shape index (κ3) is 3.78. The Bertz CT molecular complexity index is 586. The van der Waals surface area contributed by atoms with Gasteiger partial charge in [-0.3, -0.25) is 0 Å². The summed E-state index contributed by atoms with van der Waals surface area (Å²) >= 11 is 6.10. The summed E-state index contributed by atoms with van der Waals surface area (Å²) in [5.74, 6) is -0.546. The van der Waals surface area contributed by atoms with Gasteiger partial charge in [0.2, 0.25) is 0 Å². The average molecular weight is 296 g/mol. The minimum atomic E-state index is -0.313. The Morgan fingerprint density at radius 1 is 1.10 bits per heavy atom. The van der Waals surface area contributed by atoms with Gasteiger partial charge in [0.1, 0.15) is 11.6 Å². The molecule has 0 aliphatic carbocycles. The molecule has 1 unspecified atom stereocenters. The lowest BCUT2D eigenvalue weighted by Crippen LogP contribution is -2.19. The first-order chi connectivity index (χ1) is 9.60. The zero-order valence-electron chi connectivity index (χ0n) is 11.2. The molecule has 0 aliphatic rings. The summed E-state index contributed by atoms with van der Waals surface area (Å²) in [6, 6.07) is 10.8. The number of nitrogens with one attached hydrogen (secondary N) is 1. The Morgan fingerprint density at radius 3 is 2.55 bits per heavy atom. The summed E-state index contributed by atoms with van der Waals surface area (Å²) in [7, 11) is 1.83. The summed E-state index contributed by atoms with van der Waals surface area (Å²) < 4.78 is 26.7. The fourth-order valence-corrected chi connectivity index (χ4v) is 2.47. The molecule has 1 atom stereocenters. The molecule has 2 aromatic rings. The van der Waals surface area contributed by atoms with Crippen LogP contribution in [0.3, 0.4) is 0 Å². The SMILES string of the molecule is CNCC(Cc1cc(F)ccc1Cl)c1cccc(F)c1. The third-order valence-electron chi connectivity index (χ3n) is 3.24. The molecule has 1 nitrogen and oxygen atoms in total. The quantitative estimate of drug-likeness (QED) is 0.873. The lowest BCUT2D eigenvalue weighted by atomic mass is 9.91. The van der Waals surface area contributed by atoms with E-state index in [0.29, 0.717) is 18.0 Å². The van der Waals surface area contributed by atoms with E-state index in [-0.39, 0.29) is 17.6 Å². The van der Waals surface area contributed by atoms with Gasteiger partial charge in [0, 0.05) is 17.5 Å². The molecule has 0 heterocycles. The van der Waals surface area contributed by atoms with Crippen molar-refractivity contribution in [1.29, 1.82) is 0 Å². The Morgan fingerprint density at radius 2 is 1.85 bits per heavy atom. The number of rotatable bonds is 5. The molecule has 1 N–H and O–H groups in total. The zero-order valence-corrected chi connectivity index (χ0v) is 11.9. The summed E-state index contributed by atoms with van der Waals surface area (Å²) in [4.78, 5) is 0. The number of halogens is 3. The molecule has 0 aromatic heterocycles. The fourth-order valence-electron chi connectivity index (χ4n) is 2.28. The fraction of sp³-hybridized carbons (Fsp3) is 0.250. The van der Waals surface area contributed by atoms with Crippen LogP contribution in [0.5, 0.6) is 0 Å². The third-order valence-corrected chi connectivity index (χ3v) is 3.61. The maximum Gasteiger partial charge on any atom is 0.123 e. The predicted octanol–water partition coefficient (Wildman–Crippen LogP) is 4.16. The van der Waals surface area contributed by atoms with Gasteiger partial charge >= 0.3 is 0 Å². The maximum absolute atomic E-state index is 13.3. The van der Waals surface area contributed by atoms with Crippen molar-refractivity contribution < 1.29 is 8.78 Å². The van der Waals surface area contributed by atoms with Crippen molar-refractivity contribution >= 4 is 11.6 Å². The average Bonchev–Trinajstić information content (AvgIpc) is 2.42. The van der Waals surface area contributed by atoms with Crippen LogP contribution in [-0.4, -0.2) is 13.6 Å². The number of hydrogen-bond acceptors (Lipinski definition) is 1. The van der Waals surface area contributed by atoms with Crippen molar-refractivity contribution in [2.24, 2.45) is 0 Å². The van der Waals surface area contributed by atoms with Crippen LogP contribution in [0.4, 0.5) is 8.78 Å². The molecule has 20 heavy (non-hydrogen) atoms. The molecule has 106 valence electrons. The molecule has 0 bridgehead atoms. The smallest absolute Gasteiger partial charge is 0.123 e. The molecule has 2 aromatic carbocycles. The first-order valence-corrected chi connectivity index (χ1v) is 6.82. The highest BCUT2D eigenvalue weighted by molar-refractivity contribution is 6.31. The van der Waals surface area contributed by atoms with Crippen molar-refractivity contribution in [2.45, 2.75) is 12.3 Å². The van der Waals surface area contributed by atoms with Gasteiger partial charge in [0.25, 0.3) is 0 Å². The van der Waals surface area contributed by atoms with Gasteiger partial charge in [-0.25, -0.2) is 8.78 Å². The highest BCUT2D eigenvalue weighted by atomic mass is 35.5. The van der Waals surface area contributed by atoms with E-state index < -0.39 is 0 Å². The van der Waals surface area contributed by atoms with E-state index in [4.69, 9.17) is 11.6 Å². The van der Waals surface area contributed by atoms with E-state index in [0.717, 1.165) is 11.1 Å². The van der Waals surface area contributed by atoms with Crippen LogP contribution in [0.25, 0.3) is 0 Å². The number of hydrogen-bond donors (Lipinski definition) is 1. The molecule has 0 amide bonds. The van der Waals surface area contributed by atoms with E-state index >= 15 is 0 Å². The van der Waals surface area contributed by atoms with Crippen LogP contribution in [0.2, 0.25) is 5.02 Å². The van der Waals surface area contributed by atoms with Gasteiger partial charge in [0.15, 0.2) is 0 Å². The van der Waals surface area contributed by atoms with Crippen LogP contribution in [0.1, 0.15) is 17.0 Å². The summed E-state index contributed by atoms with van der Waals surface area (Å²) in [5, 5.41) is 3.61. The van der Waals surface area contributed by atoms with Crippen molar-refractivity contribution in [3.8, 4) is 0 Å². The second kappa shape index (κ2) is 6.82. The van der Waals surface area contributed by atoms with Gasteiger partial charge in [-0.15, -0.1) is 0 Å². The van der Waals surface area contributed by atoms with Gasteiger partial charge < -0.3 is 5.32 Å². The molecule has 0 saturated carbocycles. The van der Waals surface area contributed by atoms with E-state index in [9.17, 15) is 8.78 Å². The lowest BCUT2D eigenvalue weighted by Gasteiger charge is -2.18. The Balaban J connectivity index is 2.27. The van der Waals surface area contributed by atoms with Crippen molar-refractivity contribution in [2.75, 3.05) is 13.6 Å². The second-order valence-electron chi connectivity index (χ2n) is 4.75. The molecular formula is C16H16ClF2N. The van der Waals surface area contributed by atoms with Crippen LogP contribution in [-0.2, 0) is 6.42 Å². The van der Waals surface area contributed by atoms with Crippen LogP contribution in [0, 0.1) is 11.6 Å². The Kier molecular flexibility index (Phi) is 5.10. The van der Waals surface area contributed by atoms with Gasteiger partial charge in [-0.2, -0.15) is 0 Å². The maximum atomic E-state index is 13.3. The van der Waals surface area contributed by atoms with Crippen molar-refractivity contribution in [3.63, 3.8) is 0 Å². The normalized spacial score (nSPS) is 12.4. The second-order valence-corrected chi connectivity index (χ2v) is 5.16. The molecule has 0 fully saturated rings. The largest absolute Gasteiger partial charge is 0.319 e. The van der Waals surface area contributed by atoms with Gasteiger partial charge in [-0.1, -0.05) is 23.7 Å². The lowest BCUT2D eigenvalue weighted by molar-refractivity contribution is 0.595. The molecule has 4 heteroatoms. The number of benzene rings is 2. The van der Waals surface area contributed by atoms with E-state index in [2.05, 4.69) is 5.32 Å². The monoisotopic (exact) mass is 295 g/mol. The van der Waals surface area contributed by atoms with Crippen molar-refractivity contribution in [3.05, 3.63) is 70.2 Å². The topological polar surface area (TPSA) is 12.0 Å².